The predicted molar refractivity (Wildman–Crippen MR) is 84.5 cm³/mol. The van der Waals surface area contributed by atoms with Crippen molar-refractivity contribution in [3.05, 3.63) is 65.0 Å². The number of benzene rings is 2. The zero-order valence-corrected chi connectivity index (χ0v) is 12.8. The summed E-state index contributed by atoms with van der Waals surface area (Å²) < 4.78 is 18.5. The Kier molecular flexibility index (Phi) is 4.46. The van der Waals surface area contributed by atoms with Gasteiger partial charge in [-0.25, -0.2) is 4.39 Å². The van der Waals surface area contributed by atoms with Crippen molar-refractivity contribution >= 4 is 11.9 Å². The molecule has 1 heterocycles. The molecule has 1 atom stereocenters. The molecule has 2 N–H and O–H groups in total. The monoisotopic (exact) mass is 329 g/mol. The molecule has 3 rings (SSSR count). The molecule has 1 aliphatic rings. The third-order valence-corrected chi connectivity index (χ3v) is 3.91. The van der Waals surface area contributed by atoms with Crippen LogP contribution in [-0.4, -0.2) is 23.6 Å². The molecular formula is C18H16FNO4. The van der Waals surface area contributed by atoms with Crippen LogP contribution in [0.5, 0.6) is 5.75 Å². The molecule has 5 nitrogen and oxygen atoms in total. The third kappa shape index (κ3) is 3.53. The molecule has 0 aromatic heterocycles. The van der Waals surface area contributed by atoms with E-state index in [9.17, 15) is 14.0 Å². The minimum absolute atomic E-state index is 0.286. The van der Waals surface area contributed by atoms with Gasteiger partial charge in [-0.3, -0.25) is 9.59 Å². The molecule has 0 spiro atoms. The quantitative estimate of drug-likeness (QED) is 0.884. The van der Waals surface area contributed by atoms with E-state index in [1.165, 1.54) is 24.3 Å². The zero-order valence-electron chi connectivity index (χ0n) is 12.8. The number of ether oxygens (including phenoxy) is 1. The van der Waals surface area contributed by atoms with Crippen molar-refractivity contribution < 1.29 is 23.8 Å². The van der Waals surface area contributed by atoms with Gasteiger partial charge in [-0.1, -0.05) is 12.1 Å². The normalized spacial score (nSPS) is 13.7. The van der Waals surface area contributed by atoms with Crippen LogP contribution in [0.1, 0.15) is 33.9 Å². The van der Waals surface area contributed by atoms with E-state index in [2.05, 4.69) is 5.32 Å². The highest BCUT2D eigenvalue weighted by atomic mass is 19.1. The minimum atomic E-state index is -1.05. The van der Waals surface area contributed by atoms with Crippen LogP contribution in [-0.2, 0) is 11.2 Å². The number of carboxylic acids is 1. The maximum Gasteiger partial charge on any atom is 0.305 e. The standard InChI is InChI=1S/C18H16FNO4/c19-14-4-1-11(2-5-14)15(10-17(21)22)20-18(23)13-3-6-16-12(9-13)7-8-24-16/h1-6,9,15H,7-8,10H2,(H,20,23)(H,21,22)/t15-/m0/s1. The molecule has 124 valence electrons. The summed E-state index contributed by atoms with van der Waals surface area (Å²) in [4.78, 5) is 23.5. The lowest BCUT2D eigenvalue weighted by Crippen LogP contribution is -2.30. The lowest BCUT2D eigenvalue weighted by molar-refractivity contribution is -0.137. The summed E-state index contributed by atoms with van der Waals surface area (Å²) in [6.45, 7) is 0.595. The van der Waals surface area contributed by atoms with Crippen molar-refractivity contribution in [2.24, 2.45) is 0 Å². The average molecular weight is 329 g/mol. The fourth-order valence-electron chi connectivity index (χ4n) is 2.69. The number of hydrogen-bond donors (Lipinski definition) is 2. The van der Waals surface area contributed by atoms with Gasteiger partial charge in [0.25, 0.3) is 5.91 Å². The van der Waals surface area contributed by atoms with Gasteiger partial charge in [0.2, 0.25) is 0 Å². The lowest BCUT2D eigenvalue weighted by atomic mass is 10.0. The fourth-order valence-corrected chi connectivity index (χ4v) is 2.69. The first kappa shape index (κ1) is 16.0. The van der Waals surface area contributed by atoms with Crippen LogP contribution in [0.4, 0.5) is 4.39 Å². The van der Waals surface area contributed by atoms with Crippen molar-refractivity contribution in [3.8, 4) is 5.75 Å². The van der Waals surface area contributed by atoms with Crippen molar-refractivity contribution in [2.45, 2.75) is 18.9 Å². The van der Waals surface area contributed by atoms with Crippen molar-refractivity contribution in [3.63, 3.8) is 0 Å². The number of amides is 1. The molecule has 1 amide bonds. The van der Waals surface area contributed by atoms with Gasteiger partial charge in [-0.05, 0) is 41.5 Å². The second-order valence-electron chi connectivity index (χ2n) is 5.60. The van der Waals surface area contributed by atoms with E-state index in [1.807, 2.05) is 0 Å². The Hall–Kier alpha value is -2.89. The third-order valence-electron chi connectivity index (χ3n) is 3.91. The number of rotatable bonds is 5. The van der Waals surface area contributed by atoms with E-state index >= 15 is 0 Å². The molecule has 0 saturated heterocycles. The maximum absolute atomic E-state index is 13.1. The topological polar surface area (TPSA) is 75.6 Å². The van der Waals surface area contributed by atoms with E-state index in [-0.39, 0.29) is 12.3 Å². The van der Waals surface area contributed by atoms with Crippen LogP contribution in [0.3, 0.4) is 0 Å². The summed E-state index contributed by atoms with van der Waals surface area (Å²) >= 11 is 0. The van der Waals surface area contributed by atoms with Gasteiger partial charge >= 0.3 is 5.97 Å². The summed E-state index contributed by atoms with van der Waals surface area (Å²) in [7, 11) is 0. The second-order valence-corrected chi connectivity index (χ2v) is 5.60. The van der Waals surface area contributed by atoms with Gasteiger partial charge in [-0.15, -0.1) is 0 Å². The average Bonchev–Trinajstić information content (AvgIpc) is 3.02. The number of carbonyl (C=O) groups is 2. The highest BCUT2D eigenvalue weighted by Crippen LogP contribution is 2.26. The molecule has 1 aliphatic heterocycles. The summed E-state index contributed by atoms with van der Waals surface area (Å²) in [5, 5.41) is 11.8. The Morgan fingerprint density at radius 1 is 1.21 bits per heavy atom. The Bertz CT molecular complexity index is 773. The number of halogens is 1. The number of aliphatic carboxylic acids is 1. The SMILES string of the molecule is O=C(O)C[C@H](NC(=O)c1ccc2c(c1)CCO2)c1ccc(F)cc1. The van der Waals surface area contributed by atoms with E-state index in [0.29, 0.717) is 17.7 Å². The second kappa shape index (κ2) is 6.70. The Morgan fingerprint density at radius 2 is 1.96 bits per heavy atom. The van der Waals surface area contributed by atoms with Crippen LogP contribution in [0.15, 0.2) is 42.5 Å². The predicted octanol–water partition coefficient (Wildman–Crippen LogP) is 2.71. The van der Waals surface area contributed by atoms with Crippen molar-refractivity contribution in [1.29, 1.82) is 0 Å². The van der Waals surface area contributed by atoms with Gasteiger partial charge in [-0.2, -0.15) is 0 Å². The van der Waals surface area contributed by atoms with Crippen molar-refractivity contribution in [2.75, 3.05) is 6.61 Å². The van der Waals surface area contributed by atoms with Gasteiger partial charge < -0.3 is 15.2 Å². The zero-order chi connectivity index (χ0) is 17.1. The van der Waals surface area contributed by atoms with Crippen LogP contribution in [0, 0.1) is 5.82 Å². The van der Waals surface area contributed by atoms with Gasteiger partial charge in [0.05, 0.1) is 19.1 Å². The molecule has 0 fully saturated rings. The van der Waals surface area contributed by atoms with Gasteiger partial charge in [0.15, 0.2) is 0 Å². The molecule has 0 unspecified atom stereocenters. The van der Waals surface area contributed by atoms with Crippen LogP contribution in [0.2, 0.25) is 0 Å². The fraction of sp³-hybridized carbons (Fsp3) is 0.222. The smallest absolute Gasteiger partial charge is 0.305 e. The van der Waals surface area contributed by atoms with Crippen molar-refractivity contribution in [1.82, 2.24) is 5.32 Å². The number of hydrogen-bond acceptors (Lipinski definition) is 3. The Labute approximate surface area is 138 Å². The first-order valence-electron chi connectivity index (χ1n) is 7.57. The highest BCUT2D eigenvalue weighted by molar-refractivity contribution is 5.95. The van der Waals surface area contributed by atoms with Crippen LogP contribution in [0.25, 0.3) is 0 Å². The molecule has 0 radical (unpaired) electrons. The molecule has 6 heteroatoms. The number of nitrogens with one attached hydrogen (secondary N) is 1. The Balaban J connectivity index is 1.80. The molecule has 2 aromatic rings. The van der Waals surface area contributed by atoms with Crippen LogP contribution >= 0.6 is 0 Å². The largest absolute Gasteiger partial charge is 0.493 e. The van der Waals surface area contributed by atoms with Gasteiger partial charge in [0.1, 0.15) is 11.6 Å². The maximum atomic E-state index is 13.1. The number of carboxylic acid groups (broad SMARTS) is 1. The first-order valence-corrected chi connectivity index (χ1v) is 7.57. The summed E-state index contributed by atoms with van der Waals surface area (Å²) in [5.41, 5.74) is 1.94. The molecule has 0 saturated carbocycles. The first-order chi connectivity index (χ1) is 11.5. The van der Waals surface area contributed by atoms with E-state index in [0.717, 1.165) is 17.7 Å². The minimum Gasteiger partial charge on any atom is -0.493 e. The summed E-state index contributed by atoms with van der Waals surface area (Å²) in [6, 6.07) is 9.81. The van der Waals surface area contributed by atoms with E-state index in [1.54, 1.807) is 18.2 Å². The molecule has 0 aliphatic carbocycles. The molecule has 2 aromatic carbocycles. The summed E-state index contributed by atoms with van der Waals surface area (Å²) in [6.07, 6.45) is 0.457. The molecular weight excluding hydrogens is 313 g/mol. The number of fused-ring (bicyclic) bond motifs is 1. The highest BCUT2D eigenvalue weighted by Gasteiger charge is 2.20. The van der Waals surface area contributed by atoms with Gasteiger partial charge in [0, 0.05) is 12.0 Å². The van der Waals surface area contributed by atoms with E-state index in [4.69, 9.17) is 9.84 Å². The lowest BCUT2D eigenvalue weighted by Gasteiger charge is -2.18. The molecule has 0 bridgehead atoms. The number of carbonyl (C=O) groups excluding carboxylic acids is 1. The molecule has 24 heavy (non-hydrogen) atoms. The van der Waals surface area contributed by atoms with Crippen LogP contribution < -0.4 is 10.1 Å². The van der Waals surface area contributed by atoms with E-state index < -0.39 is 17.8 Å². The summed E-state index contributed by atoms with van der Waals surface area (Å²) in [5.74, 6) is -1.07. The Morgan fingerprint density at radius 3 is 2.67 bits per heavy atom.